The van der Waals surface area contributed by atoms with E-state index in [2.05, 4.69) is 4.90 Å². The number of aromatic hydroxyl groups is 1. The van der Waals surface area contributed by atoms with E-state index in [1.54, 1.807) is 23.9 Å². The minimum absolute atomic E-state index is 0.0962. The van der Waals surface area contributed by atoms with Crippen molar-refractivity contribution < 1.29 is 9.50 Å². The zero-order valence-corrected chi connectivity index (χ0v) is 11.8. The summed E-state index contributed by atoms with van der Waals surface area (Å²) in [5, 5.41) is 11.6. The molecule has 1 aliphatic rings. The Bertz CT molecular complexity index is 654. The number of nitrogens with zero attached hydrogens (tertiary/aromatic N) is 1. The van der Waals surface area contributed by atoms with E-state index in [0.717, 1.165) is 16.8 Å². The van der Waals surface area contributed by atoms with Crippen LogP contribution in [-0.4, -0.2) is 5.11 Å². The van der Waals surface area contributed by atoms with E-state index in [1.807, 2.05) is 36.7 Å². The molecule has 0 aliphatic carbocycles. The number of rotatable bonds is 2. The van der Waals surface area contributed by atoms with Crippen molar-refractivity contribution >= 4 is 17.4 Å². The van der Waals surface area contributed by atoms with Crippen LogP contribution in [0.2, 0.25) is 0 Å². The third-order valence-corrected chi connectivity index (χ3v) is 4.33. The van der Waals surface area contributed by atoms with Gasteiger partial charge in [-0.1, -0.05) is 12.1 Å². The molecule has 102 valence electrons. The van der Waals surface area contributed by atoms with Gasteiger partial charge >= 0.3 is 0 Å². The summed E-state index contributed by atoms with van der Waals surface area (Å²) in [5.41, 5.74) is 3.09. The molecule has 0 fully saturated rings. The van der Waals surface area contributed by atoms with Crippen LogP contribution in [0, 0.1) is 12.7 Å². The second-order valence-corrected chi connectivity index (χ2v) is 5.69. The monoisotopic (exact) mass is 287 g/mol. The SMILES string of the molecule is Cc1cc(O)ccc1N1C=CSC1c1ccc(F)cc1. The van der Waals surface area contributed by atoms with E-state index in [-0.39, 0.29) is 16.9 Å². The first kappa shape index (κ1) is 13.1. The molecule has 1 aliphatic heterocycles. The smallest absolute Gasteiger partial charge is 0.123 e. The fourth-order valence-corrected chi connectivity index (χ4v) is 3.30. The van der Waals surface area contributed by atoms with Gasteiger partial charge in [-0.2, -0.15) is 0 Å². The Hall–Kier alpha value is -1.94. The van der Waals surface area contributed by atoms with E-state index in [1.165, 1.54) is 12.1 Å². The third-order valence-electron chi connectivity index (χ3n) is 3.30. The Morgan fingerprint density at radius 1 is 1.15 bits per heavy atom. The maximum Gasteiger partial charge on any atom is 0.123 e. The van der Waals surface area contributed by atoms with Crippen LogP contribution in [-0.2, 0) is 0 Å². The minimum atomic E-state index is -0.225. The average molecular weight is 287 g/mol. The number of hydrogen-bond acceptors (Lipinski definition) is 3. The van der Waals surface area contributed by atoms with Gasteiger partial charge in [-0.05, 0) is 53.8 Å². The summed E-state index contributed by atoms with van der Waals surface area (Å²) in [6, 6.07) is 11.9. The first-order valence-corrected chi connectivity index (χ1v) is 7.25. The summed E-state index contributed by atoms with van der Waals surface area (Å²) in [7, 11) is 0. The number of benzene rings is 2. The number of aryl methyl sites for hydroxylation is 1. The highest BCUT2D eigenvalue weighted by Crippen LogP contribution is 2.43. The van der Waals surface area contributed by atoms with Crippen molar-refractivity contribution in [1.82, 2.24) is 0 Å². The number of halogens is 1. The summed E-state index contributed by atoms with van der Waals surface area (Å²) in [6.45, 7) is 1.97. The lowest BCUT2D eigenvalue weighted by Gasteiger charge is -2.26. The van der Waals surface area contributed by atoms with Crippen LogP contribution in [0.3, 0.4) is 0 Å². The second-order valence-electron chi connectivity index (χ2n) is 4.70. The first-order valence-electron chi connectivity index (χ1n) is 6.31. The maximum absolute atomic E-state index is 13.0. The topological polar surface area (TPSA) is 23.5 Å². The Morgan fingerprint density at radius 3 is 2.60 bits per heavy atom. The quantitative estimate of drug-likeness (QED) is 0.875. The van der Waals surface area contributed by atoms with Gasteiger partial charge in [0.2, 0.25) is 0 Å². The Labute approximate surface area is 121 Å². The molecule has 1 heterocycles. The van der Waals surface area contributed by atoms with Gasteiger partial charge in [0.25, 0.3) is 0 Å². The molecular formula is C16H14FNOS. The van der Waals surface area contributed by atoms with Gasteiger partial charge in [0.15, 0.2) is 0 Å². The summed E-state index contributed by atoms with van der Waals surface area (Å²) in [6.07, 6.45) is 2.01. The lowest BCUT2D eigenvalue weighted by molar-refractivity contribution is 0.475. The predicted molar refractivity (Wildman–Crippen MR) is 81.2 cm³/mol. The van der Waals surface area contributed by atoms with Crippen molar-refractivity contribution in [2.45, 2.75) is 12.3 Å². The van der Waals surface area contributed by atoms with Crippen molar-refractivity contribution in [3.63, 3.8) is 0 Å². The molecule has 0 radical (unpaired) electrons. The van der Waals surface area contributed by atoms with Crippen LogP contribution < -0.4 is 4.90 Å². The fraction of sp³-hybridized carbons (Fsp3) is 0.125. The van der Waals surface area contributed by atoms with E-state index in [9.17, 15) is 9.50 Å². The van der Waals surface area contributed by atoms with Gasteiger partial charge in [-0.25, -0.2) is 4.39 Å². The Morgan fingerprint density at radius 2 is 1.90 bits per heavy atom. The molecule has 2 aromatic rings. The van der Waals surface area contributed by atoms with Gasteiger partial charge in [0.05, 0.1) is 0 Å². The second kappa shape index (κ2) is 5.21. The number of anilines is 1. The fourth-order valence-electron chi connectivity index (χ4n) is 2.32. The minimum Gasteiger partial charge on any atom is -0.508 e. The number of thioether (sulfide) groups is 1. The molecule has 1 unspecified atom stereocenters. The highest BCUT2D eigenvalue weighted by atomic mass is 32.2. The summed E-state index contributed by atoms with van der Waals surface area (Å²) >= 11 is 1.68. The Kier molecular flexibility index (Phi) is 3.40. The highest BCUT2D eigenvalue weighted by Gasteiger charge is 2.24. The number of hydrogen-bond donors (Lipinski definition) is 1. The molecule has 0 saturated carbocycles. The maximum atomic E-state index is 13.0. The standard InChI is InChI=1S/C16H14FNOS/c1-11-10-14(19)6-7-15(11)18-8-9-20-16(18)12-2-4-13(17)5-3-12/h2-10,16,19H,1H3. The molecule has 0 aromatic heterocycles. The molecule has 1 N–H and O–H groups in total. The first-order chi connectivity index (χ1) is 9.65. The molecule has 20 heavy (non-hydrogen) atoms. The zero-order valence-electron chi connectivity index (χ0n) is 11.0. The van der Waals surface area contributed by atoms with Crippen LogP contribution in [0.15, 0.2) is 54.1 Å². The summed E-state index contributed by atoms with van der Waals surface area (Å²) < 4.78 is 13.0. The van der Waals surface area contributed by atoms with Gasteiger partial charge in [-0.3, -0.25) is 0 Å². The molecule has 0 saturated heterocycles. The predicted octanol–water partition coefficient (Wildman–Crippen LogP) is 4.56. The van der Waals surface area contributed by atoms with Crippen LogP contribution in [0.5, 0.6) is 5.75 Å². The molecule has 0 spiro atoms. The molecule has 1 atom stereocenters. The van der Waals surface area contributed by atoms with E-state index in [4.69, 9.17) is 0 Å². The zero-order chi connectivity index (χ0) is 14.1. The molecule has 2 nitrogen and oxygen atoms in total. The van der Waals surface area contributed by atoms with Gasteiger partial charge < -0.3 is 10.0 Å². The number of phenols is 1. The lowest BCUT2D eigenvalue weighted by atomic mass is 10.1. The molecule has 0 bridgehead atoms. The van der Waals surface area contributed by atoms with Crippen molar-refractivity contribution in [2.24, 2.45) is 0 Å². The van der Waals surface area contributed by atoms with Crippen molar-refractivity contribution in [3.8, 4) is 5.75 Å². The molecule has 4 heteroatoms. The van der Waals surface area contributed by atoms with Gasteiger partial charge in [-0.15, -0.1) is 11.8 Å². The highest BCUT2D eigenvalue weighted by molar-refractivity contribution is 8.02. The molecule has 3 rings (SSSR count). The van der Waals surface area contributed by atoms with Crippen molar-refractivity contribution in [1.29, 1.82) is 0 Å². The van der Waals surface area contributed by atoms with Crippen molar-refractivity contribution in [2.75, 3.05) is 4.90 Å². The van der Waals surface area contributed by atoms with Crippen LogP contribution in [0.4, 0.5) is 10.1 Å². The third kappa shape index (κ3) is 2.39. The molecular weight excluding hydrogens is 273 g/mol. The van der Waals surface area contributed by atoms with Crippen molar-refractivity contribution in [3.05, 3.63) is 71.0 Å². The lowest BCUT2D eigenvalue weighted by Crippen LogP contribution is -2.17. The normalized spacial score (nSPS) is 17.7. The summed E-state index contributed by atoms with van der Waals surface area (Å²) in [5.74, 6) is 0.0393. The summed E-state index contributed by atoms with van der Waals surface area (Å²) in [4.78, 5) is 2.13. The van der Waals surface area contributed by atoms with Crippen LogP contribution in [0.25, 0.3) is 0 Å². The molecule has 2 aromatic carbocycles. The van der Waals surface area contributed by atoms with E-state index >= 15 is 0 Å². The largest absolute Gasteiger partial charge is 0.508 e. The average Bonchev–Trinajstić information content (AvgIpc) is 2.88. The number of phenolic OH excluding ortho intramolecular Hbond substituents is 1. The van der Waals surface area contributed by atoms with E-state index in [0.29, 0.717) is 0 Å². The van der Waals surface area contributed by atoms with Crippen LogP contribution >= 0.6 is 11.8 Å². The van der Waals surface area contributed by atoms with E-state index < -0.39 is 0 Å². The van der Waals surface area contributed by atoms with Gasteiger partial charge in [0, 0.05) is 11.9 Å². The van der Waals surface area contributed by atoms with Gasteiger partial charge in [0.1, 0.15) is 16.9 Å². The van der Waals surface area contributed by atoms with Crippen LogP contribution in [0.1, 0.15) is 16.5 Å². The molecule has 0 amide bonds. The Balaban J connectivity index is 1.95.